The van der Waals surface area contributed by atoms with Crippen LogP contribution in [-0.2, 0) is 11.3 Å². The van der Waals surface area contributed by atoms with Gasteiger partial charge < -0.3 is 10.2 Å². The van der Waals surface area contributed by atoms with E-state index in [1.807, 2.05) is 23.2 Å². The molecule has 0 aromatic carbocycles. The number of rotatable bonds is 5. The molecule has 0 saturated carbocycles. The molecule has 0 radical (unpaired) electrons. The number of nitrogens with zero attached hydrogens (tertiary/aromatic N) is 2. The lowest BCUT2D eigenvalue weighted by Gasteiger charge is -2.20. The van der Waals surface area contributed by atoms with Crippen molar-refractivity contribution in [3.05, 3.63) is 24.0 Å². The van der Waals surface area contributed by atoms with Gasteiger partial charge >= 0.3 is 0 Å². The van der Waals surface area contributed by atoms with Crippen LogP contribution in [-0.4, -0.2) is 28.9 Å². The molecule has 1 aliphatic heterocycles. The Hall–Kier alpha value is -1.58. The van der Waals surface area contributed by atoms with Crippen molar-refractivity contribution in [1.82, 2.24) is 9.88 Å². The summed E-state index contributed by atoms with van der Waals surface area (Å²) in [5, 5.41) is 3.28. The lowest BCUT2D eigenvalue weighted by molar-refractivity contribution is -0.131. The summed E-state index contributed by atoms with van der Waals surface area (Å²) in [5.41, 5.74) is 2.04. The monoisotopic (exact) mass is 275 g/mol. The molecule has 1 atom stereocenters. The van der Waals surface area contributed by atoms with Gasteiger partial charge in [-0.2, -0.15) is 0 Å². The van der Waals surface area contributed by atoms with Gasteiger partial charge in [0, 0.05) is 31.4 Å². The molecular formula is C16H25N3O. The highest BCUT2D eigenvalue weighted by Gasteiger charge is 2.21. The van der Waals surface area contributed by atoms with E-state index in [1.165, 1.54) is 6.42 Å². The Bertz CT molecular complexity index is 447. The first-order valence-corrected chi connectivity index (χ1v) is 7.69. The first kappa shape index (κ1) is 14.8. The molecule has 1 fully saturated rings. The lowest BCUT2D eigenvalue weighted by Crippen LogP contribution is -2.30. The van der Waals surface area contributed by atoms with E-state index in [-0.39, 0.29) is 5.91 Å². The van der Waals surface area contributed by atoms with Gasteiger partial charge in [-0.05, 0) is 37.8 Å². The second-order valence-corrected chi connectivity index (χ2v) is 5.48. The van der Waals surface area contributed by atoms with Gasteiger partial charge in [-0.1, -0.05) is 13.3 Å². The third-order valence-corrected chi connectivity index (χ3v) is 4.05. The Morgan fingerprint density at radius 2 is 2.25 bits per heavy atom. The second kappa shape index (κ2) is 7.27. The number of pyridine rings is 1. The quantitative estimate of drug-likeness (QED) is 0.898. The van der Waals surface area contributed by atoms with Crippen molar-refractivity contribution in [1.29, 1.82) is 0 Å². The van der Waals surface area contributed by atoms with Crippen LogP contribution in [0.3, 0.4) is 0 Å². The van der Waals surface area contributed by atoms with Crippen LogP contribution < -0.4 is 5.32 Å². The van der Waals surface area contributed by atoms with Crippen molar-refractivity contribution >= 4 is 11.6 Å². The summed E-state index contributed by atoms with van der Waals surface area (Å²) in [6, 6.07) is 4.00. The maximum Gasteiger partial charge on any atom is 0.222 e. The lowest BCUT2D eigenvalue weighted by atomic mass is 9.98. The van der Waals surface area contributed by atoms with E-state index in [0.717, 1.165) is 37.3 Å². The Labute approximate surface area is 121 Å². The highest BCUT2D eigenvalue weighted by molar-refractivity contribution is 5.76. The van der Waals surface area contributed by atoms with Gasteiger partial charge in [-0.15, -0.1) is 0 Å². The summed E-state index contributed by atoms with van der Waals surface area (Å²) in [4.78, 5) is 18.5. The molecular weight excluding hydrogens is 250 g/mol. The number of nitrogens with one attached hydrogen (secondary N) is 1. The van der Waals surface area contributed by atoms with E-state index in [1.54, 1.807) is 0 Å². The van der Waals surface area contributed by atoms with Crippen LogP contribution in [0.15, 0.2) is 18.3 Å². The van der Waals surface area contributed by atoms with Crippen molar-refractivity contribution in [2.75, 3.05) is 18.4 Å². The zero-order chi connectivity index (χ0) is 14.4. The Morgan fingerprint density at radius 1 is 1.40 bits per heavy atom. The standard InChI is InChI=1S/C16H25N3O/c1-3-13-5-6-16(20)19(10-8-13)12-15-11-14(17-4-2)7-9-18-15/h7,9,11,13H,3-6,8,10,12H2,1-2H3,(H,17,18). The predicted molar refractivity (Wildman–Crippen MR) is 81.4 cm³/mol. The minimum absolute atomic E-state index is 0.275. The summed E-state index contributed by atoms with van der Waals surface area (Å²) in [6.07, 6.45) is 5.83. The topological polar surface area (TPSA) is 45.2 Å². The largest absolute Gasteiger partial charge is 0.385 e. The fraction of sp³-hybridized carbons (Fsp3) is 0.625. The molecule has 2 rings (SSSR count). The van der Waals surface area contributed by atoms with Crippen LogP contribution in [0.1, 0.15) is 45.2 Å². The van der Waals surface area contributed by atoms with Gasteiger partial charge in [-0.25, -0.2) is 0 Å². The van der Waals surface area contributed by atoms with Gasteiger partial charge in [0.25, 0.3) is 0 Å². The van der Waals surface area contributed by atoms with Crippen molar-refractivity contribution in [2.45, 2.75) is 46.1 Å². The predicted octanol–water partition coefficient (Wildman–Crippen LogP) is 3.05. The summed E-state index contributed by atoms with van der Waals surface area (Å²) < 4.78 is 0. The maximum absolute atomic E-state index is 12.2. The van der Waals surface area contributed by atoms with E-state index in [9.17, 15) is 4.79 Å². The molecule has 4 nitrogen and oxygen atoms in total. The van der Waals surface area contributed by atoms with Crippen molar-refractivity contribution in [2.24, 2.45) is 5.92 Å². The van der Waals surface area contributed by atoms with Crippen LogP contribution in [0.25, 0.3) is 0 Å². The zero-order valence-corrected chi connectivity index (χ0v) is 12.6. The zero-order valence-electron chi connectivity index (χ0n) is 12.6. The third kappa shape index (κ3) is 3.95. The fourth-order valence-electron chi connectivity index (χ4n) is 2.74. The summed E-state index contributed by atoms with van der Waals surface area (Å²) in [7, 11) is 0. The van der Waals surface area contributed by atoms with Gasteiger partial charge in [0.15, 0.2) is 0 Å². The molecule has 1 N–H and O–H groups in total. The van der Waals surface area contributed by atoms with Crippen LogP contribution in [0, 0.1) is 5.92 Å². The highest BCUT2D eigenvalue weighted by Crippen LogP contribution is 2.22. The molecule has 1 aromatic rings. The first-order valence-electron chi connectivity index (χ1n) is 7.69. The number of anilines is 1. The number of amides is 1. The number of carbonyl (C=O) groups is 1. The molecule has 0 aliphatic carbocycles. The summed E-state index contributed by atoms with van der Waals surface area (Å²) in [5.74, 6) is 0.974. The Balaban J connectivity index is 2.01. The molecule has 0 spiro atoms. The van der Waals surface area contributed by atoms with Gasteiger partial charge in [0.2, 0.25) is 5.91 Å². The SMILES string of the molecule is CCNc1ccnc(CN2CCC(CC)CCC2=O)c1. The third-order valence-electron chi connectivity index (χ3n) is 4.05. The van der Waals surface area contributed by atoms with Crippen LogP contribution in [0.5, 0.6) is 0 Å². The molecule has 4 heteroatoms. The van der Waals surface area contributed by atoms with Gasteiger partial charge in [0.05, 0.1) is 12.2 Å². The number of carbonyl (C=O) groups excluding carboxylic acids is 1. The van der Waals surface area contributed by atoms with Crippen LogP contribution >= 0.6 is 0 Å². The van der Waals surface area contributed by atoms with Gasteiger partial charge in [-0.3, -0.25) is 9.78 Å². The van der Waals surface area contributed by atoms with Crippen molar-refractivity contribution in [3.63, 3.8) is 0 Å². The molecule has 1 amide bonds. The molecule has 1 aliphatic rings. The molecule has 1 aromatic heterocycles. The van der Waals surface area contributed by atoms with E-state index >= 15 is 0 Å². The van der Waals surface area contributed by atoms with E-state index < -0.39 is 0 Å². The number of aromatic nitrogens is 1. The molecule has 110 valence electrons. The fourth-order valence-corrected chi connectivity index (χ4v) is 2.74. The van der Waals surface area contributed by atoms with E-state index in [2.05, 4.69) is 24.1 Å². The minimum Gasteiger partial charge on any atom is -0.385 e. The molecule has 1 saturated heterocycles. The van der Waals surface area contributed by atoms with E-state index in [4.69, 9.17) is 0 Å². The average Bonchev–Trinajstić information content (AvgIpc) is 2.63. The second-order valence-electron chi connectivity index (χ2n) is 5.48. The smallest absolute Gasteiger partial charge is 0.222 e. The molecule has 0 bridgehead atoms. The summed E-state index contributed by atoms with van der Waals surface area (Å²) in [6.45, 7) is 6.68. The summed E-state index contributed by atoms with van der Waals surface area (Å²) >= 11 is 0. The molecule has 20 heavy (non-hydrogen) atoms. The van der Waals surface area contributed by atoms with Gasteiger partial charge in [0.1, 0.15) is 0 Å². The van der Waals surface area contributed by atoms with Crippen molar-refractivity contribution < 1.29 is 4.79 Å². The number of hydrogen-bond donors (Lipinski definition) is 1. The maximum atomic E-state index is 12.2. The first-order chi connectivity index (χ1) is 9.72. The Kier molecular flexibility index (Phi) is 5.39. The molecule has 2 heterocycles. The van der Waals surface area contributed by atoms with Crippen molar-refractivity contribution in [3.8, 4) is 0 Å². The average molecular weight is 275 g/mol. The number of hydrogen-bond acceptors (Lipinski definition) is 3. The molecule has 1 unspecified atom stereocenters. The Morgan fingerprint density at radius 3 is 3.00 bits per heavy atom. The normalized spacial score (nSPS) is 19.8. The number of likely N-dealkylation sites (tertiary alicyclic amines) is 1. The van der Waals surface area contributed by atoms with E-state index in [0.29, 0.717) is 18.9 Å². The minimum atomic E-state index is 0.275. The highest BCUT2D eigenvalue weighted by atomic mass is 16.2. The van der Waals surface area contributed by atoms with Crippen LogP contribution in [0.4, 0.5) is 5.69 Å². The van der Waals surface area contributed by atoms with Crippen LogP contribution in [0.2, 0.25) is 0 Å².